The van der Waals surface area contributed by atoms with Gasteiger partial charge >= 0.3 is 19.3 Å². The van der Waals surface area contributed by atoms with Gasteiger partial charge in [0, 0.05) is 11.9 Å². The zero-order chi connectivity index (χ0) is 21.4. The Morgan fingerprint density at radius 1 is 1.00 bits per heavy atom. The SMILES string of the molecule is CC1(C)OB(c2ccc(NC(=O)Nc3cc(C(F)(F)F)ccn3)cc2)OC1(C)C. The Kier molecular flexibility index (Phi) is 5.35. The van der Waals surface area contributed by atoms with Gasteiger partial charge in [-0.1, -0.05) is 12.1 Å². The predicted molar refractivity (Wildman–Crippen MR) is 104 cm³/mol. The highest BCUT2D eigenvalue weighted by molar-refractivity contribution is 6.62. The molecule has 0 bridgehead atoms. The predicted octanol–water partition coefficient (Wildman–Crippen LogP) is 4.04. The van der Waals surface area contributed by atoms with Crippen molar-refractivity contribution in [1.29, 1.82) is 0 Å². The Balaban J connectivity index is 1.63. The summed E-state index contributed by atoms with van der Waals surface area (Å²) >= 11 is 0. The quantitative estimate of drug-likeness (QED) is 0.754. The van der Waals surface area contributed by atoms with Crippen molar-refractivity contribution in [1.82, 2.24) is 4.98 Å². The van der Waals surface area contributed by atoms with Crippen LogP contribution in [0.5, 0.6) is 0 Å². The molecule has 2 heterocycles. The molecule has 6 nitrogen and oxygen atoms in total. The van der Waals surface area contributed by atoms with E-state index in [1.807, 2.05) is 27.7 Å². The van der Waals surface area contributed by atoms with E-state index in [0.717, 1.165) is 23.8 Å². The Morgan fingerprint density at radius 3 is 2.14 bits per heavy atom. The molecule has 1 aliphatic heterocycles. The van der Waals surface area contributed by atoms with Crippen LogP contribution in [-0.4, -0.2) is 29.3 Å². The van der Waals surface area contributed by atoms with E-state index < -0.39 is 36.1 Å². The number of alkyl halides is 3. The Morgan fingerprint density at radius 2 is 1.59 bits per heavy atom. The van der Waals surface area contributed by atoms with Crippen LogP contribution in [0, 0.1) is 0 Å². The highest BCUT2D eigenvalue weighted by Crippen LogP contribution is 2.36. The Labute approximate surface area is 166 Å². The first-order valence-corrected chi connectivity index (χ1v) is 8.94. The van der Waals surface area contributed by atoms with Gasteiger partial charge in [-0.15, -0.1) is 0 Å². The number of benzene rings is 1. The summed E-state index contributed by atoms with van der Waals surface area (Å²) in [5.41, 5.74) is -0.586. The van der Waals surface area contributed by atoms with E-state index in [2.05, 4.69) is 15.6 Å². The van der Waals surface area contributed by atoms with E-state index in [-0.39, 0.29) is 5.82 Å². The van der Waals surface area contributed by atoms with Crippen molar-refractivity contribution >= 4 is 30.1 Å². The smallest absolute Gasteiger partial charge is 0.399 e. The summed E-state index contributed by atoms with van der Waals surface area (Å²) in [6.45, 7) is 7.81. The fourth-order valence-corrected chi connectivity index (χ4v) is 2.66. The summed E-state index contributed by atoms with van der Waals surface area (Å²) in [5.74, 6) is -0.203. The third-order valence-electron chi connectivity index (χ3n) is 5.02. The van der Waals surface area contributed by atoms with Gasteiger partial charge < -0.3 is 14.6 Å². The number of pyridine rings is 1. The van der Waals surface area contributed by atoms with Crippen LogP contribution in [0.2, 0.25) is 0 Å². The summed E-state index contributed by atoms with van der Waals surface area (Å²) < 4.78 is 50.1. The van der Waals surface area contributed by atoms with Crippen LogP contribution >= 0.6 is 0 Å². The van der Waals surface area contributed by atoms with Crippen molar-refractivity contribution in [3.63, 3.8) is 0 Å². The van der Waals surface area contributed by atoms with Gasteiger partial charge in [-0.2, -0.15) is 13.2 Å². The maximum Gasteiger partial charge on any atom is 0.494 e. The summed E-state index contributed by atoms with van der Waals surface area (Å²) in [5, 5.41) is 4.83. The fraction of sp³-hybridized carbons (Fsp3) is 0.368. The van der Waals surface area contributed by atoms with Crippen molar-refractivity contribution in [3.05, 3.63) is 48.2 Å². The lowest BCUT2D eigenvalue weighted by atomic mass is 9.79. The van der Waals surface area contributed by atoms with Crippen LogP contribution in [0.25, 0.3) is 0 Å². The van der Waals surface area contributed by atoms with Gasteiger partial charge in [-0.25, -0.2) is 9.78 Å². The zero-order valence-corrected chi connectivity index (χ0v) is 16.4. The highest BCUT2D eigenvalue weighted by Gasteiger charge is 2.51. The molecule has 1 aromatic carbocycles. The molecule has 10 heteroatoms. The third kappa shape index (κ3) is 4.71. The number of urea groups is 1. The number of halogens is 3. The molecule has 0 aliphatic carbocycles. The maximum absolute atomic E-state index is 12.7. The van der Waals surface area contributed by atoms with Crippen molar-refractivity contribution in [2.75, 3.05) is 10.6 Å². The molecule has 1 fully saturated rings. The number of carbonyl (C=O) groups is 1. The molecule has 2 N–H and O–H groups in total. The van der Waals surface area contributed by atoms with E-state index in [9.17, 15) is 18.0 Å². The number of hydrogen-bond donors (Lipinski definition) is 2. The molecule has 0 spiro atoms. The molecule has 0 atom stereocenters. The molecule has 1 aromatic heterocycles. The average molecular weight is 407 g/mol. The van der Waals surface area contributed by atoms with E-state index in [1.54, 1.807) is 24.3 Å². The second-order valence-corrected chi connectivity index (χ2v) is 7.72. The van der Waals surface area contributed by atoms with Crippen molar-refractivity contribution in [2.45, 2.75) is 45.1 Å². The largest absolute Gasteiger partial charge is 0.494 e. The average Bonchev–Trinajstić information content (AvgIpc) is 2.82. The lowest BCUT2D eigenvalue weighted by Gasteiger charge is -2.32. The number of rotatable bonds is 3. The first kappa shape index (κ1) is 21.1. The Bertz CT molecular complexity index is 886. The molecule has 0 radical (unpaired) electrons. The van der Waals surface area contributed by atoms with Gasteiger partial charge in [0.15, 0.2) is 0 Å². The monoisotopic (exact) mass is 407 g/mol. The number of aromatic nitrogens is 1. The van der Waals surface area contributed by atoms with E-state index in [1.165, 1.54) is 0 Å². The summed E-state index contributed by atoms with van der Waals surface area (Å²) in [6.07, 6.45) is -3.53. The molecule has 2 aromatic rings. The van der Waals surface area contributed by atoms with Gasteiger partial charge in [0.1, 0.15) is 5.82 Å². The molecule has 0 saturated carbocycles. The number of anilines is 2. The van der Waals surface area contributed by atoms with Crippen LogP contribution in [-0.2, 0) is 15.5 Å². The normalized spacial score (nSPS) is 17.8. The minimum Gasteiger partial charge on any atom is -0.399 e. The fourth-order valence-electron chi connectivity index (χ4n) is 2.66. The number of nitrogens with zero attached hydrogens (tertiary/aromatic N) is 1. The third-order valence-corrected chi connectivity index (χ3v) is 5.02. The molecule has 3 rings (SSSR count). The van der Waals surface area contributed by atoms with Crippen molar-refractivity contribution < 1.29 is 27.3 Å². The molecule has 154 valence electrons. The van der Waals surface area contributed by atoms with Gasteiger partial charge in [-0.05, 0) is 57.4 Å². The van der Waals surface area contributed by atoms with E-state index >= 15 is 0 Å². The number of nitrogens with one attached hydrogen (secondary N) is 2. The number of hydrogen-bond acceptors (Lipinski definition) is 4. The van der Waals surface area contributed by atoms with Crippen LogP contribution < -0.4 is 16.1 Å². The van der Waals surface area contributed by atoms with E-state index in [0.29, 0.717) is 5.69 Å². The lowest BCUT2D eigenvalue weighted by Crippen LogP contribution is -2.41. The van der Waals surface area contributed by atoms with E-state index in [4.69, 9.17) is 9.31 Å². The van der Waals surface area contributed by atoms with Crippen molar-refractivity contribution in [3.8, 4) is 0 Å². The van der Waals surface area contributed by atoms with Crippen LogP contribution in [0.4, 0.5) is 29.5 Å². The molecule has 0 unspecified atom stereocenters. The molecule has 2 amide bonds. The molecular weight excluding hydrogens is 386 g/mol. The zero-order valence-electron chi connectivity index (χ0n) is 16.4. The minimum absolute atomic E-state index is 0.203. The topological polar surface area (TPSA) is 72.5 Å². The highest BCUT2D eigenvalue weighted by atomic mass is 19.4. The first-order valence-electron chi connectivity index (χ1n) is 8.94. The maximum atomic E-state index is 12.7. The number of amides is 2. The number of carbonyl (C=O) groups excluding carboxylic acids is 1. The molecule has 29 heavy (non-hydrogen) atoms. The van der Waals surface area contributed by atoms with Gasteiger partial charge in [0.2, 0.25) is 0 Å². The Hall–Kier alpha value is -2.59. The van der Waals surface area contributed by atoms with Crippen molar-refractivity contribution in [2.24, 2.45) is 0 Å². The van der Waals surface area contributed by atoms with Crippen LogP contribution in [0.1, 0.15) is 33.3 Å². The lowest BCUT2D eigenvalue weighted by molar-refractivity contribution is -0.137. The van der Waals surface area contributed by atoms with Gasteiger partial charge in [0.25, 0.3) is 0 Å². The minimum atomic E-state index is -4.51. The molecule has 1 saturated heterocycles. The van der Waals surface area contributed by atoms with Crippen LogP contribution in [0.3, 0.4) is 0 Å². The first-order chi connectivity index (χ1) is 13.4. The van der Waals surface area contributed by atoms with Gasteiger partial charge in [-0.3, -0.25) is 5.32 Å². The summed E-state index contributed by atoms with van der Waals surface area (Å²) in [6, 6.07) is 7.69. The second-order valence-electron chi connectivity index (χ2n) is 7.72. The summed E-state index contributed by atoms with van der Waals surface area (Å²) in [4.78, 5) is 15.8. The standard InChI is InChI=1S/C19H21BF3N3O3/c1-17(2)18(3,4)29-20(28-17)13-5-7-14(8-6-13)25-16(27)26-15-11-12(9-10-24-15)19(21,22)23/h5-11H,1-4H3,(H2,24,25,26,27). The molecular formula is C19H21BF3N3O3. The van der Waals surface area contributed by atoms with Gasteiger partial charge in [0.05, 0.1) is 16.8 Å². The second kappa shape index (κ2) is 7.35. The summed E-state index contributed by atoms with van der Waals surface area (Å²) in [7, 11) is -0.530. The van der Waals surface area contributed by atoms with Crippen LogP contribution in [0.15, 0.2) is 42.6 Å². The molecule has 1 aliphatic rings.